The molecule has 178 valence electrons. The molecule has 0 atom stereocenters. The quantitative estimate of drug-likeness (QED) is 0.574. The van der Waals surface area contributed by atoms with Crippen molar-refractivity contribution in [1.29, 1.82) is 0 Å². The van der Waals surface area contributed by atoms with E-state index in [2.05, 4.69) is 10.3 Å². The molecule has 2 heterocycles. The van der Waals surface area contributed by atoms with Gasteiger partial charge in [-0.05, 0) is 48.9 Å². The first-order chi connectivity index (χ1) is 16.3. The summed E-state index contributed by atoms with van der Waals surface area (Å²) in [4.78, 5) is 30.9. The number of carbonyl (C=O) groups excluding carboxylic acids is 2. The number of nitrogens with zero attached hydrogens (tertiary/aromatic N) is 3. The number of pyridine rings is 1. The van der Waals surface area contributed by atoms with Gasteiger partial charge in [0, 0.05) is 43.3 Å². The Morgan fingerprint density at radius 2 is 1.76 bits per heavy atom. The van der Waals surface area contributed by atoms with E-state index in [9.17, 15) is 18.0 Å². The number of piperazine rings is 1. The summed E-state index contributed by atoms with van der Waals surface area (Å²) in [5.41, 5.74) is 1.81. The zero-order valence-corrected chi connectivity index (χ0v) is 19.8. The van der Waals surface area contributed by atoms with E-state index >= 15 is 0 Å². The Labute approximate surface area is 198 Å². The van der Waals surface area contributed by atoms with Crippen molar-refractivity contribution in [1.82, 2.24) is 19.5 Å². The molecule has 1 aromatic heterocycles. The summed E-state index contributed by atoms with van der Waals surface area (Å²) in [5.74, 6) is 0.00645. The topological polar surface area (TPSA) is 109 Å². The summed E-state index contributed by atoms with van der Waals surface area (Å²) in [6.07, 6.45) is 1.65. The van der Waals surface area contributed by atoms with Gasteiger partial charge in [-0.15, -0.1) is 0 Å². The highest BCUT2D eigenvalue weighted by Gasteiger charge is 2.31. The molecule has 2 amide bonds. The van der Waals surface area contributed by atoms with E-state index in [-0.39, 0.29) is 49.4 Å². The fourth-order valence-electron chi connectivity index (χ4n) is 3.88. The van der Waals surface area contributed by atoms with Gasteiger partial charge in [-0.25, -0.2) is 8.42 Å². The van der Waals surface area contributed by atoms with Crippen LogP contribution in [0.2, 0.25) is 0 Å². The third-order valence-electron chi connectivity index (χ3n) is 5.77. The van der Waals surface area contributed by atoms with Crippen LogP contribution in [0.5, 0.6) is 5.75 Å². The number of rotatable bonds is 6. The summed E-state index contributed by atoms with van der Waals surface area (Å²) in [5, 5.41) is 3.38. The number of aromatic nitrogens is 1. The molecular weight excluding hydrogens is 456 g/mol. The molecule has 0 spiro atoms. The van der Waals surface area contributed by atoms with Gasteiger partial charge in [-0.2, -0.15) is 4.31 Å². The molecule has 1 N–H and O–H groups in total. The van der Waals surface area contributed by atoms with Crippen LogP contribution < -0.4 is 10.1 Å². The van der Waals surface area contributed by atoms with Crippen molar-refractivity contribution < 1.29 is 22.7 Å². The van der Waals surface area contributed by atoms with Crippen molar-refractivity contribution in [2.45, 2.75) is 11.8 Å². The van der Waals surface area contributed by atoms with Gasteiger partial charge in [0.05, 0.1) is 19.2 Å². The summed E-state index contributed by atoms with van der Waals surface area (Å²) >= 11 is 0. The number of sulfonamides is 1. The van der Waals surface area contributed by atoms with Crippen molar-refractivity contribution in [2.24, 2.45) is 0 Å². The normalized spacial score (nSPS) is 14.7. The number of aryl methyl sites for hydroxylation is 1. The molecule has 4 rings (SSSR count). The smallest absolute Gasteiger partial charge is 0.251 e. The van der Waals surface area contributed by atoms with E-state index in [0.29, 0.717) is 16.8 Å². The number of amides is 2. The Morgan fingerprint density at radius 3 is 2.44 bits per heavy atom. The largest absolute Gasteiger partial charge is 0.497 e. The Bertz CT molecular complexity index is 1320. The van der Waals surface area contributed by atoms with Crippen LogP contribution in [0, 0.1) is 6.92 Å². The second-order valence-electron chi connectivity index (χ2n) is 8.04. The maximum absolute atomic E-state index is 13.3. The van der Waals surface area contributed by atoms with Gasteiger partial charge < -0.3 is 15.0 Å². The number of hydrogen-bond donors (Lipinski definition) is 1. The van der Waals surface area contributed by atoms with Crippen LogP contribution in [-0.2, 0) is 14.8 Å². The lowest BCUT2D eigenvalue weighted by Gasteiger charge is -2.34. The van der Waals surface area contributed by atoms with Crippen LogP contribution in [0.15, 0.2) is 59.6 Å². The Hall–Kier alpha value is -3.50. The molecule has 1 aliphatic heterocycles. The Morgan fingerprint density at radius 1 is 1.06 bits per heavy atom. The average Bonchev–Trinajstić information content (AvgIpc) is 2.86. The molecule has 0 radical (unpaired) electrons. The lowest BCUT2D eigenvalue weighted by atomic mass is 10.2. The number of benzene rings is 2. The average molecular weight is 483 g/mol. The molecule has 10 heteroatoms. The number of fused-ring (bicyclic) bond motifs is 1. The summed E-state index contributed by atoms with van der Waals surface area (Å²) in [7, 11) is -2.23. The third kappa shape index (κ3) is 4.87. The molecule has 3 aromatic rings. The van der Waals surface area contributed by atoms with Crippen molar-refractivity contribution in [3.05, 3.63) is 65.9 Å². The van der Waals surface area contributed by atoms with Gasteiger partial charge in [0.15, 0.2) is 0 Å². The van der Waals surface area contributed by atoms with Crippen molar-refractivity contribution in [3.63, 3.8) is 0 Å². The van der Waals surface area contributed by atoms with Crippen LogP contribution >= 0.6 is 0 Å². The highest BCUT2D eigenvalue weighted by atomic mass is 32.2. The van der Waals surface area contributed by atoms with E-state index < -0.39 is 10.0 Å². The lowest BCUT2D eigenvalue weighted by molar-refractivity contribution is -0.131. The van der Waals surface area contributed by atoms with Gasteiger partial charge >= 0.3 is 0 Å². The number of methoxy groups -OCH3 is 1. The first-order valence-electron chi connectivity index (χ1n) is 10.8. The number of carbonyl (C=O) groups is 2. The van der Waals surface area contributed by atoms with E-state index in [1.165, 1.54) is 4.31 Å². The Kier molecular flexibility index (Phi) is 6.80. The zero-order valence-electron chi connectivity index (χ0n) is 19.0. The highest BCUT2D eigenvalue weighted by molar-refractivity contribution is 7.89. The van der Waals surface area contributed by atoms with Gasteiger partial charge in [0.1, 0.15) is 10.6 Å². The van der Waals surface area contributed by atoms with Crippen molar-refractivity contribution in [2.75, 3.05) is 39.8 Å². The minimum Gasteiger partial charge on any atom is -0.497 e. The third-order valence-corrected chi connectivity index (χ3v) is 7.70. The summed E-state index contributed by atoms with van der Waals surface area (Å²) in [6.45, 7) is 2.57. The van der Waals surface area contributed by atoms with Gasteiger partial charge in [-0.3, -0.25) is 14.6 Å². The molecule has 0 unspecified atom stereocenters. The van der Waals surface area contributed by atoms with Crippen molar-refractivity contribution >= 4 is 32.7 Å². The lowest BCUT2D eigenvalue weighted by Crippen LogP contribution is -2.52. The summed E-state index contributed by atoms with van der Waals surface area (Å²) < 4.78 is 33.0. The first kappa shape index (κ1) is 23.7. The molecule has 34 heavy (non-hydrogen) atoms. The van der Waals surface area contributed by atoms with E-state index in [1.54, 1.807) is 54.6 Å². The fourth-order valence-corrected chi connectivity index (χ4v) is 5.47. The number of hydrogen-bond acceptors (Lipinski definition) is 6. The van der Waals surface area contributed by atoms with E-state index in [4.69, 9.17) is 4.74 Å². The first-order valence-corrected chi connectivity index (χ1v) is 12.3. The maximum atomic E-state index is 13.3. The molecule has 2 aromatic carbocycles. The second-order valence-corrected chi connectivity index (χ2v) is 9.94. The summed E-state index contributed by atoms with van der Waals surface area (Å²) in [6, 6.07) is 13.6. The van der Waals surface area contributed by atoms with Gasteiger partial charge in [0.25, 0.3) is 5.91 Å². The predicted octanol–water partition coefficient (Wildman–Crippen LogP) is 1.81. The monoisotopic (exact) mass is 482 g/mol. The number of ether oxygens (including phenoxy) is 1. The minimum atomic E-state index is -3.77. The molecular formula is C24H26N4O5S. The van der Waals surface area contributed by atoms with Crippen LogP contribution in [-0.4, -0.2) is 74.3 Å². The molecule has 0 saturated carbocycles. The predicted molar refractivity (Wildman–Crippen MR) is 127 cm³/mol. The van der Waals surface area contributed by atoms with Crippen molar-refractivity contribution in [3.8, 4) is 5.75 Å². The minimum absolute atomic E-state index is 0.162. The Balaban J connectivity index is 1.36. The number of para-hydroxylation sites is 1. The highest BCUT2D eigenvalue weighted by Crippen LogP contribution is 2.25. The van der Waals surface area contributed by atoms with Crippen LogP contribution in [0.25, 0.3) is 10.9 Å². The van der Waals surface area contributed by atoms with Crippen LogP contribution in [0.1, 0.15) is 15.9 Å². The molecule has 0 bridgehead atoms. The fraction of sp³-hybridized carbons (Fsp3) is 0.292. The molecule has 9 nitrogen and oxygen atoms in total. The SMILES string of the molecule is COc1ccc(C(=O)NCC(=O)N2CCN(S(=O)(=O)c3cccc4cc(C)cnc34)CC2)cc1. The standard InChI is InChI=1S/C24H26N4O5S/c1-17-14-19-4-3-5-21(23(19)25-15-17)34(31,32)28-12-10-27(11-13-28)22(29)16-26-24(30)18-6-8-20(33-2)9-7-18/h3-9,14-15H,10-13,16H2,1-2H3,(H,26,30). The second kappa shape index (κ2) is 9.78. The van der Waals surface area contributed by atoms with Gasteiger partial charge in [-0.1, -0.05) is 12.1 Å². The zero-order chi connectivity index (χ0) is 24.3. The number of nitrogens with one attached hydrogen (secondary N) is 1. The molecule has 1 saturated heterocycles. The van der Waals surface area contributed by atoms with Gasteiger partial charge in [0.2, 0.25) is 15.9 Å². The van der Waals surface area contributed by atoms with E-state index in [1.807, 2.05) is 19.1 Å². The molecule has 0 aliphatic carbocycles. The van der Waals surface area contributed by atoms with Crippen LogP contribution in [0.3, 0.4) is 0 Å². The van der Waals surface area contributed by atoms with Crippen LogP contribution in [0.4, 0.5) is 0 Å². The maximum Gasteiger partial charge on any atom is 0.251 e. The molecule has 1 fully saturated rings. The van der Waals surface area contributed by atoms with E-state index in [0.717, 1.165) is 10.9 Å². The molecule has 1 aliphatic rings.